The Balaban J connectivity index is 1.78. The normalized spacial score (nSPS) is 14.4. The van der Waals surface area contributed by atoms with Crippen molar-refractivity contribution in [3.63, 3.8) is 0 Å². The second-order valence-corrected chi connectivity index (χ2v) is 5.78. The number of amides is 1. The van der Waals surface area contributed by atoms with Crippen molar-refractivity contribution in [2.75, 3.05) is 30.7 Å². The van der Waals surface area contributed by atoms with E-state index in [9.17, 15) is 9.18 Å². The molecule has 0 unspecified atom stereocenters. The van der Waals surface area contributed by atoms with Gasteiger partial charge in [-0.25, -0.2) is 4.39 Å². The molecule has 3 N–H and O–H groups in total. The molecule has 0 aliphatic heterocycles. The minimum atomic E-state index is -0.466. The summed E-state index contributed by atoms with van der Waals surface area (Å²) < 4.78 is 13.1. The van der Waals surface area contributed by atoms with Gasteiger partial charge in [0.05, 0.1) is 5.69 Å². The van der Waals surface area contributed by atoms with E-state index in [0.717, 1.165) is 32.0 Å². The SMILES string of the molecule is CCCN(CCC(=O)Nc1ccc(F)c(N)c1)CC1CC1. The number of rotatable bonds is 8. The summed E-state index contributed by atoms with van der Waals surface area (Å²) in [5.41, 5.74) is 6.08. The summed E-state index contributed by atoms with van der Waals surface area (Å²) in [6.07, 6.45) is 4.19. The Morgan fingerprint density at radius 1 is 1.43 bits per heavy atom. The molecule has 21 heavy (non-hydrogen) atoms. The number of anilines is 2. The smallest absolute Gasteiger partial charge is 0.225 e. The van der Waals surface area contributed by atoms with Crippen LogP contribution in [0.15, 0.2) is 18.2 Å². The predicted molar refractivity (Wildman–Crippen MR) is 83.5 cm³/mol. The Morgan fingerprint density at radius 2 is 2.19 bits per heavy atom. The highest BCUT2D eigenvalue weighted by atomic mass is 19.1. The minimum absolute atomic E-state index is 0.0501. The Labute approximate surface area is 125 Å². The van der Waals surface area contributed by atoms with Crippen molar-refractivity contribution in [2.45, 2.75) is 32.6 Å². The standard InChI is InChI=1S/C16H24FN3O/c1-2-8-20(11-12-3-4-12)9-7-16(21)19-13-5-6-14(17)15(18)10-13/h5-6,10,12H,2-4,7-9,11,18H2,1H3,(H,19,21). The first-order chi connectivity index (χ1) is 10.1. The zero-order valence-electron chi connectivity index (χ0n) is 12.6. The number of hydrogen-bond acceptors (Lipinski definition) is 3. The molecule has 0 spiro atoms. The molecule has 1 saturated carbocycles. The van der Waals surface area contributed by atoms with Crippen molar-refractivity contribution in [1.29, 1.82) is 0 Å². The molecule has 1 aliphatic rings. The van der Waals surface area contributed by atoms with Gasteiger partial charge in [0.2, 0.25) is 5.91 Å². The van der Waals surface area contributed by atoms with Crippen LogP contribution < -0.4 is 11.1 Å². The monoisotopic (exact) mass is 293 g/mol. The zero-order valence-corrected chi connectivity index (χ0v) is 12.6. The van der Waals surface area contributed by atoms with Gasteiger partial charge in [0.1, 0.15) is 5.82 Å². The van der Waals surface area contributed by atoms with Crippen LogP contribution in [0.4, 0.5) is 15.8 Å². The van der Waals surface area contributed by atoms with Gasteiger partial charge in [-0.3, -0.25) is 4.79 Å². The van der Waals surface area contributed by atoms with Crippen LogP contribution in [-0.4, -0.2) is 30.4 Å². The summed E-state index contributed by atoms with van der Waals surface area (Å²) in [6.45, 7) is 5.06. The van der Waals surface area contributed by atoms with Gasteiger partial charge in [0.15, 0.2) is 0 Å². The molecule has 1 amide bonds. The highest BCUT2D eigenvalue weighted by molar-refractivity contribution is 5.91. The maximum Gasteiger partial charge on any atom is 0.225 e. The second kappa shape index (κ2) is 7.41. The number of halogens is 1. The second-order valence-electron chi connectivity index (χ2n) is 5.78. The first-order valence-corrected chi connectivity index (χ1v) is 7.65. The molecule has 1 aromatic carbocycles. The van der Waals surface area contributed by atoms with Gasteiger partial charge >= 0.3 is 0 Å². The third-order valence-corrected chi connectivity index (χ3v) is 3.69. The van der Waals surface area contributed by atoms with Crippen molar-refractivity contribution in [2.24, 2.45) is 5.92 Å². The van der Waals surface area contributed by atoms with E-state index < -0.39 is 5.82 Å². The van der Waals surface area contributed by atoms with Gasteiger partial charge in [-0.2, -0.15) is 0 Å². The van der Waals surface area contributed by atoms with Crippen LogP contribution in [0.5, 0.6) is 0 Å². The van der Waals surface area contributed by atoms with E-state index in [-0.39, 0.29) is 11.6 Å². The number of carbonyl (C=O) groups excluding carboxylic acids is 1. The van der Waals surface area contributed by atoms with Crippen LogP contribution in [0.25, 0.3) is 0 Å². The minimum Gasteiger partial charge on any atom is -0.396 e. The number of nitrogens with zero attached hydrogens (tertiary/aromatic N) is 1. The van der Waals surface area contributed by atoms with E-state index in [1.807, 2.05) is 0 Å². The zero-order chi connectivity index (χ0) is 15.2. The van der Waals surface area contributed by atoms with Crippen molar-refractivity contribution < 1.29 is 9.18 Å². The molecule has 0 radical (unpaired) electrons. The summed E-state index contributed by atoms with van der Waals surface area (Å²) >= 11 is 0. The van der Waals surface area contributed by atoms with E-state index in [2.05, 4.69) is 17.1 Å². The largest absolute Gasteiger partial charge is 0.396 e. The van der Waals surface area contributed by atoms with Gasteiger partial charge in [0, 0.05) is 25.2 Å². The molecule has 2 rings (SSSR count). The van der Waals surface area contributed by atoms with Gasteiger partial charge in [-0.1, -0.05) is 6.92 Å². The molecule has 0 aromatic heterocycles. The van der Waals surface area contributed by atoms with E-state index in [0.29, 0.717) is 12.1 Å². The fourth-order valence-electron chi connectivity index (χ4n) is 2.38. The van der Waals surface area contributed by atoms with E-state index in [1.54, 1.807) is 0 Å². The molecule has 1 aromatic rings. The molecule has 0 saturated heterocycles. The molecular weight excluding hydrogens is 269 g/mol. The molecule has 116 valence electrons. The molecule has 0 atom stereocenters. The van der Waals surface area contributed by atoms with Crippen LogP contribution >= 0.6 is 0 Å². The fraction of sp³-hybridized carbons (Fsp3) is 0.562. The highest BCUT2D eigenvalue weighted by Crippen LogP contribution is 2.29. The quantitative estimate of drug-likeness (QED) is 0.725. The molecular formula is C16H24FN3O. The van der Waals surface area contributed by atoms with Gasteiger partial charge < -0.3 is 16.0 Å². The van der Waals surface area contributed by atoms with E-state index in [1.165, 1.54) is 31.0 Å². The van der Waals surface area contributed by atoms with Gasteiger partial charge in [-0.05, 0) is 49.9 Å². The summed E-state index contributed by atoms with van der Waals surface area (Å²) in [6, 6.07) is 4.24. The lowest BCUT2D eigenvalue weighted by Gasteiger charge is -2.21. The third kappa shape index (κ3) is 5.34. The molecule has 0 heterocycles. The number of hydrogen-bond donors (Lipinski definition) is 2. The Kier molecular flexibility index (Phi) is 5.56. The fourth-order valence-corrected chi connectivity index (χ4v) is 2.38. The first kappa shape index (κ1) is 15.8. The lowest BCUT2D eigenvalue weighted by atomic mass is 10.2. The number of benzene rings is 1. The number of nitrogen functional groups attached to an aromatic ring is 1. The average Bonchev–Trinajstić information content (AvgIpc) is 3.24. The molecule has 5 heteroatoms. The van der Waals surface area contributed by atoms with Gasteiger partial charge in [-0.15, -0.1) is 0 Å². The topological polar surface area (TPSA) is 58.4 Å². The van der Waals surface area contributed by atoms with Gasteiger partial charge in [0.25, 0.3) is 0 Å². The van der Waals surface area contributed by atoms with Crippen molar-refractivity contribution >= 4 is 17.3 Å². The summed E-state index contributed by atoms with van der Waals surface area (Å²) in [5.74, 6) is 0.306. The Hall–Kier alpha value is -1.62. The maximum absolute atomic E-state index is 13.1. The van der Waals surface area contributed by atoms with Crippen LogP contribution in [0.1, 0.15) is 32.6 Å². The number of nitrogens with two attached hydrogens (primary N) is 1. The van der Waals surface area contributed by atoms with Crippen LogP contribution in [0.2, 0.25) is 0 Å². The lowest BCUT2D eigenvalue weighted by Crippen LogP contribution is -2.30. The Bertz CT molecular complexity index is 488. The van der Waals surface area contributed by atoms with Crippen LogP contribution in [0.3, 0.4) is 0 Å². The highest BCUT2D eigenvalue weighted by Gasteiger charge is 2.24. The molecule has 1 aliphatic carbocycles. The van der Waals surface area contributed by atoms with E-state index >= 15 is 0 Å². The summed E-state index contributed by atoms with van der Waals surface area (Å²) in [5, 5.41) is 2.76. The van der Waals surface area contributed by atoms with Crippen molar-refractivity contribution in [1.82, 2.24) is 4.90 Å². The van der Waals surface area contributed by atoms with Crippen molar-refractivity contribution in [3.05, 3.63) is 24.0 Å². The van der Waals surface area contributed by atoms with Crippen molar-refractivity contribution in [3.8, 4) is 0 Å². The lowest BCUT2D eigenvalue weighted by molar-refractivity contribution is -0.116. The molecule has 1 fully saturated rings. The summed E-state index contributed by atoms with van der Waals surface area (Å²) in [4.78, 5) is 14.3. The average molecular weight is 293 g/mol. The number of carbonyl (C=O) groups is 1. The van der Waals surface area contributed by atoms with Crippen LogP contribution in [0, 0.1) is 11.7 Å². The first-order valence-electron chi connectivity index (χ1n) is 7.65. The molecule has 4 nitrogen and oxygen atoms in total. The van der Waals surface area contributed by atoms with Crippen LogP contribution in [-0.2, 0) is 4.79 Å². The molecule has 0 bridgehead atoms. The number of nitrogens with one attached hydrogen (secondary N) is 1. The predicted octanol–water partition coefficient (Wildman–Crippen LogP) is 2.86. The summed E-state index contributed by atoms with van der Waals surface area (Å²) in [7, 11) is 0. The van der Waals surface area contributed by atoms with E-state index in [4.69, 9.17) is 5.73 Å². The maximum atomic E-state index is 13.1. The third-order valence-electron chi connectivity index (χ3n) is 3.69. The Morgan fingerprint density at radius 3 is 2.81 bits per heavy atom.